The van der Waals surface area contributed by atoms with E-state index in [2.05, 4.69) is 69.4 Å². The lowest BCUT2D eigenvalue weighted by molar-refractivity contribution is 0.298. The van der Waals surface area contributed by atoms with Crippen molar-refractivity contribution in [2.45, 2.75) is 40.8 Å². The summed E-state index contributed by atoms with van der Waals surface area (Å²) in [6.45, 7) is 10.9. The standard InChI is InChI=1S/C19H25NO/c1-5-20-12-17-11-7-10-16(4)19(17)21-13-18-14(2)8-6-9-15(18)3/h6-11,20H,5,12-13H2,1-4H3. The minimum absolute atomic E-state index is 0.627. The Morgan fingerprint density at radius 1 is 0.905 bits per heavy atom. The molecule has 0 aromatic heterocycles. The lowest BCUT2D eigenvalue weighted by atomic mass is 10.0. The first-order valence-corrected chi connectivity index (χ1v) is 7.60. The first kappa shape index (κ1) is 15.6. The predicted octanol–water partition coefficient (Wildman–Crippen LogP) is 4.30. The van der Waals surface area contributed by atoms with Gasteiger partial charge in [-0.15, -0.1) is 0 Å². The van der Waals surface area contributed by atoms with Crippen LogP contribution in [0.1, 0.15) is 34.7 Å². The van der Waals surface area contributed by atoms with Gasteiger partial charge in [-0.25, -0.2) is 0 Å². The van der Waals surface area contributed by atoms with E-state index in [0.29, 0.717) is 6.61 Å². The van der Waals surface area contributed by atoms with Crippen molar-refractivity contribution >= 4 is 0 Å². The molecule has 21 heavy (non-hydrogen) atoms. The molecule has 0 aliphatic rings. The van der Waals surface area contributed by atoms with Gasteiger partial charge in [0.25, 0.3) is 0 Å². The maximum Gasteiger partial charge on any atom is 0.127 e. The monoisotopic (exact) mass is 283 g/mol. The summed E-state index contributed by atoms with van der Waals surface area (Å²) in [6, 6.07) is 12.7. The molecular formula is C19H25NO. The molecule has 0 spiro atoms. The molecule has 2 rings (SSSR count). The fourth-order valence-electron chi connectivity index (χ4n) is 2.54. The molecule has 0 aliphatic carbocycles. The molecule has 0 amide bonds. The average molecular weight is 283 g/mol. The Morgan fingerprint density at radius 2 is 1.52 bits per heavy atom. The zero-order chi connectivity index (χ0) is 15.2. The smallest absolute Gasteiger partial charge is 0.127 e. The molecule has 0 unspecified atom stereocenters. The molecule has 2 aromatic rings. The van der Waals surface area contributed by atoms with E-state index in [1.54, 1.807) is 0 Å². The van der Waals surface area contributed by atoms with Crippen molar-refractivity contribution in [1.29, 1.82) is 0 Å². The van der Waals surface area contributed by atoms with Crippen molar-refractivity contribution in [2.24, 2.45) is 0 Å². The number of nitrogens with one attached hydrogen (secondary N) is 1. The SMILES string of the molecule is CCNCc1cccc(C)c1OCc1c(C)cccc1C. The van der Waals surface area contributed by atoms with E-state index in [1.165, 1.54) is 27.8 Å². The van der Waals surface area contributed by atoms with E-state index in [4.69, 9.17) is 4.74 Å². The van der Waals surface area contributed by atoms with E-state index in [9.17, 15) is 0 Å². The van der Waals surface area contributed by atoms with Crippen molar-refractivity contribution in [3.63, 3.8) is 0 Å². The molecule has 0 heterocycles. The van der Waals surface area contributed by atoms with Gasteiger partial charge in [-0.05, 0) is 49.6 Å². The van der Waals surface area contributed by atoms with Crippen molar-refractivity contribution in [3.8, 4) is 5.75 Å². The van der Waals surface area contributed by atoms with Crippen molar-refractivity contribution in [3.05, 3.63) is 64.2 Å². The van der Waals surface area contributed by atoms with Gasteiger partial charge in [-0.2, -0.15) is 0 Å². The molecule has 0 atom stereocenters. The number of hydrogen-bond acceptors (Lipinski definition) is 2. The van der Waals surface area contributed by atoms with Gasteiger partial charge >= 0.3 is 0 Å². The Hall–Kier alpha value is -1.80. The molecule has 0 radical (unpaired) electrons. The topological polar surface area (TPSA) is 21.3 Å². The number of hydrogen-bond donors (Lipinski definition) is 1. The van der Waals surface area contributed by atoms with Gasteiger partial charge in [0.15, 0.2) is 0 Å². The van der Waals surface area contributed by atoms with Crippen LogP contribution < -0.4 is 10.1 Å². The average Bonchev–Trinajstić information content (AvgIpc) is 2.46. The van der Waals surface area contributed by atoms with Crippen LogP contribution in [-0.4, -0.2) is 6.54 Å². The quantitative estimate of drug-likeness (QED) is 0.853. The summed E-state index contributed by atoms with van der Waals surface area (Å²) in [4.78, 5) is 0. The van der Waals surface area contributed by atoms with Crippen LogP contribution in [0.25, 0.3) is 0 Å². The van der Waals surface area contributed by atoms with Crippen LogP contribution in [0.15, 0.2) is 36.4 Å². The number of rotatable bonds is 6. The van der Waals surface area contributed by atoms with Crippen LogP contribution in [0.5, 0.6) is 5.75 Å². The lowest BCUT2D eigenvalue weighted by Crippen LogP contribution is -2.13. The molecule has 0 bridgehead atoms. The highest BCUT2D eigenvalue weighted by molar-refractivity contribution is 5.41. The molecule has 0 saturated carbocycles. The maximum atomic E-state index is 6.17. The fourth-order valence-corrected chi connectivity index (χ4v) is 2.54. The molecule has 0 saturated heterocycles. The summed E-state index contributed by atoms with van der Waals surface area (Å²) >= 11 is 0. The van der Waals surface area contributed by atoms with E-state index in [-0.39, 0.29) is 0 Å². The molecule has 2 aromatic carbocycles. The Bertz CT molecular complexity index is 584. The van der Waals surface area contributed by atoms with Crippen LogP contribution in [0.2, 0.25) is 0 Å². The molecule has 0 fully saturated rings. The Labute approximate surface area is 128 Å². The minimum Gasteiger partial charge on any atom is -0.488 e. The minimum atomic E-state index is 0.627. The molecule has 1 N–H and O–H groups in total. The second kappa shape index (κ2) is 7.28. The Morgan fingerprint density at radius 3 is 2.19 bits per heavy atom. The van der Waals surface area contributed by atoms with Crippen LogP contribution in [0, 0.1) is 20.8 Å². The molecule has 2 nitrogen and oxygen atoms in total. The van der Waals surface area contributed by atoms with Gasteiger partial charge < -0.3 is 10.1 Å². The van der Waals surface area contributed by atoms with Gasteiger partial charge in [0.05, 0.1) is 0 Å². The number of aryl methyl sites for hydroxylation is 3. The summed E-state index contributed by atoms with van der Waals surface area (Å²) in [5.74, 6) is 1.01. The Kier molecular flexibility index (Phi) is 5.40. The fraction of sp³-hybridized carbons (Fsp3) is 0.368. The number of ether oxygens (including phenoxy) is 1. The summed E-state index contributed by atoms with van der Waals surface area (Å²) in [5.41, 5.74) is 6.28. The van der Waals surface area contributed by atoms with E-state index in [1.807, 2.05) is 0 Å². The highest BCUT2D eigenvalue weighted by Crippen LogP contribution is 2.25. The second-order valence-electron chi connectivity index (χ2n) is 5.50. The van der Waals surface area contributed by atoms with E-state index >= 15 is 0 Å². The van der Waals surface area contributed by atoms with Crippen LogP contribution >= 0.6 is 0 Å². The summed E-state index contributed by atoms with van der Waals surface area (Å²) in [6.07, 6.45) is 0. The maximum absolute atomic E-state index is 6.17. The molecular weight excluding hydrogens is 258 g/mol. The van der Waals surface area contributed by atoms with E-state index < -0.39 is 0 Å². The largest absolute Gasteiger partial charge is 0.488 e. The molecule has 112 valence electrons. The zero-order valence-electron chi connectivity index (χ0n) is 13.5. The van der Waals surface area contributed by atoms with Gasteiger partial charge in [0.2, 0.25) is 0 Å². The van der Waals surface area contributed by atoms with Gasteiger partial charge in [-0.3, -0.25) is 0 Å². The van der Waals surface area contributed by atoms with Crippen LogP contribution in [0.4, 0.5) is 0 Å². The summed E-state index contributed by atoms with van der Waals surface area (Å²) < 4.78 is 6.17. The summed E-state index contributed by atoms with van der Waals surface area (Å²) in [7, 11) is 0. The zero-order valence-corrected chi connectivity index (χ0v) is 13.5. The third-order valence-electron chi connectivity index (χ3n) is 3.86. The van der Waals surface area contributed by atoms with Crippen molar-refractivity contribution in [1.82, 2.24) is 5.32 Å². The summed E-state index contributed by atoms with van der Waals surface area (Å²) in [5, 5.41) is 3.37. The normalized spacial score (nSPS) is 10.7. The number of benzene rings is 2. The van der Waals surface area contributed by atoms with Gasteiger partial charge in [0.1, 0.15) is 12.4 Å². The first-order chi connectivity index (χ1) is 10.1. The van der Waals surface area contributed by atoms with Gasteiger partial charge in [0, 0.05) is 12.1 Å². The second-order valence-corrected chi connectivity index (χ2v) is 5.50. The molecule has 0 aliphatic heterocycles. The van der Waals surface area contributed by atoms with Crippen LogP contribution in [-0.2, 0) is 13.2 Å². The molecule has 2 heteroatoms. The first-order valence-electron chi connectivity index (χ1n) is 7.60. The number of para-hydroxylation sites is 1. The van der Waals surface area contributed by atoms with E-state index in [0.717, 1.165) is 18.8 Å². The van der Waals surface area contributed by atoms with Gasteiger partial charge in [-0.1, -0.05) is 43.3 Å². The predicted molar refractivity (Wildman–Crippen MR) is 88.8 cm³/mol. The highest BCUT2D eigenvalue weighted by Gasteiger charge is 2.09. The lowest BCUT2D eigenvalue weighted by Gasteiger charge is -2.16. The third-order valence-corrected chi connectivity index (χ3v) is 3.86. The third kappa shape index (κ3) is 3.85. The van der Waals surface area contributed by atoms with Crippen LogP contribution in [0.3, 0.4) is 0 Å². The van der Waals surface area contributed by atoms with Crippen molar-refractivity contribution < 1.29 is 4.74 Å². The van der Waals surface area contributed by atoms with Crippen molar-refractivity contribution in [2.75, 3.05) is 6.54 Å². The Balaban J connectivity index is 2.19. The highest BCUT2D eigenvalue weighted by atomic mass is 16.5.